The predicted octanol–water partition coefficient (Wildman–Crippen LogP) is 3.56. The molecule has 0 amide bonds. The van der Waals surface area contributed by atoms with Crippen LogP contribution in [0.25, 0.3) is 0 Å². The molecule has 0 saturated carbocycles. The second kappa shape index (κ2) is 7.10. The summed E-state index contributed by atoms with van der Waals surface area (Å²) in [5.74, 6) is -1.37. The quantitative estimate of drug-likeness (QED) is 0.362. The number of ether oxygens (including phenoxy) is 2. The Bertz CT molecular complexity index is 833. The molecule has 0 saturated heterocycles. The zero-order chi connectivity index (χ0) is 17.9. The van der Waals surface area contributed by atoms with Gasteiger partial charge >= 0.3 is 11.9 Å². The van der Waals surface area contributed by atoms with Crippen molar-refractivity contribution in [2.24, 2.45) is 0 Å². The van der Waals surface area contributed by atoms with E-state index in [1.165, 1.54) is 12.1 Å². The Kier molecular flexibility index (Phi) is 5.15. The summed E-state index contributed by atoms with van der Waals surface area (Å²) in [5, 5.41) is 11.5. The zero-order valence-electron chi connectivity index (χ0n) is 12.7. The summed E-state index contributed by atoms with van der Waals surface area (Å²) in [6.45, 7) is 1.70. The fourth-order valence-electron chi connectivity index (χ4n) is 1.96. The number of aryl methyl sites for hydroxylation is 1. The lowest BCUT2D eigenvalue weighted by Crippen LogP contribution is -2.12. The van der Waals surface area contributed by atoms with E-state index in [-0.39, 0.29) is 16.9 Å². The molecule has 0 unspecified atom stereocenters. The van der Waals surface area contributed by atoms with E-state index in [0.29, 0.717) is 10.6 Å². The minimum absolute atomic E-state index is 0.119. The van der Waals surface area contributed by atoms with Gasteiger partial charge in [0.2, 0.25) is 0 Å². The molecule has 8 heteroatoms. The number of methoxy groups -OCH3 is 1. The van der Waals surface area contributed by atoms with Crippen molar-refractivity contribution in [1.29, 1.82) is 0 Å². The number of carbonyl (C=O) groups excluding carboxylic acids is 2. The Hall–Kier alpha value is -2.93. The van der Waals surface area contributed by atoms with Crippen LogP contribution in [0.2, 0.25) is 5.02 Å². The van der Waals surface area contributed by atoms with Crippen molar-refractivity contribution in [3.05, 3.63) is 68.2 Å². The topological polar surface area (TPSA) is 95.7 Å². The largest absolute Gasteiger partial charge is 0.465 e. The molecule has 0 aliphatic heterocycles. The van der Waals surface area contributed by atoms with Crippen molar-refractivity contribution in [1.82, 2.24) is 0 Å². The molecule has 0 spiro atoms. The molecule has 0 bridgehead atoms. The smallest absolute Gasteiger partial charge is 0.343 e. The Morgan fingerprint density at radius 2 is 1.71 bits per heavy atom. The molecule has 0 N–H and O–H groups in total. The predicted molar refractivity (Wildman–Crippen MR) is 85.6 cm³/mol. The molecule has 0 atom stereocenters. The third-order valence-corrected chi connectivity index (χ3v) is 3.36. The number of rotatable bonds is 4. The van der Waals surface area contributed by atoms with Crippen LogP contribution in [0.4, 0.5) is 5.69 Å². The number of hydrogen-bond donors (Lipinski definition) is 0. The summed E-state index contributed by atoms with van der Waals surface area (Å²) < 4.78 is 9.75. The first kappa shape index (κ1) is 17.4. The van der Waals surface area contributed by atoms with E-state index in [9.17, 15) is 19.7 Å². The molecule has 0 aliphatic carbocycles. The highest BCUT2D eigenvalue weighted by molar-refractivity contribution is 6.30. The fraction of sp³-hybridized carbons (Fsp3) is 0.125. The number of nitro benzene ring substituents is 1. The fourth-order valence-corrected chi connectivity index (χ4v) is 2.18. The van der Waals surface area contributed by atoms with Crippen LogP contribution in [-0.2, 0) is 4.74 Å². The van der Waals surface area contributed by atoms with Crippen molar-refractivity contribution in [3.8, 4) is 5.75 Å². The zero-order valence-corrected chi connectivity index (χ0v) is 13.5. The maximum absolute atomic E-state index is 12.3. The summed E-state index contributed by atoms with van der Waals surface area (Å²) in [6, 6.07) is 7.89. The monoisotopic (exact) mass is 349 g/mol. The first-order chi connectivity index (χ1) is 11.3. The third kappa shape index (κ3) is 3.88. The van der Waals surface area contributed by atoms with Gasteiger partial charge in [-0.2, -0.15) is 0 Å². The highest BCUT2D eigenvalue weighted by Crippen LogP contribution is 2.24. The average Bonchev–Trinajstić information content (AvgIpc) is 2.56. The van der Waals surface area contributed by atoms with E-state index in [2.05, 4.69) is 4.74 Å². The van der Waals surface area contributed by atoms with Crippen LogP contribution < -0.4 is 4.74 Å². The Morgan fingerprint density at radius 3 is 2.25 bits per heavy atom. The number of benzene rings is 2. The minimum atomic E-state index is -0.839. The molecule has 7 nitrogen and oxygen atoms in total. The SMILES string of the molecule is COC(=O)c1cc(C(=O)Oc2ccc(Cl)cc2C)cc([N+](=O)[O-])c1. The van der Waals surface area contributed by atoms with Crippen molar-refractivity contribution >= 4 is 29.2 Å². The van der Waals surface area contributed by atoms with Gasteiger partial charge in [-0.15, -0.1) is 0 Å². The van der Waals surface area contributed by atoms with Crippen LogP contribution in [0.1, 0.15) is 26.3 Å². The van der Waals surface area contributed by atoms with E-state index in [1.807, 2.05) is 0 Å². The van der Waals surface area contributed by atoms with Crippen LogP contribution in [0, 0.1) is 17.0 Å². The maximum Gasteiger partial charge on any atom is 0.343 e. The van der Waals surface area contributed by atoms with Gasteiger partial charge in [0.25, 0.3) is 5.69 Å². The van der Waals surface area contributed by atoms with Gasteiger partial charge in [0.1, 0.15) is 5.75 Å². The van der Waals surface area contributed by atoms with Crippen LogP contribution in [0.5, 0.6) is 5.75 Å². The third-order valence-electron chi connectivity index (χ3n) is 3.13. The molecule has 24 heavy (non-hydrogen) atoms. The van der Waals surface area contributed by atoms with E-state index in [0.717, 1.165) is 19.2 Å². The van der Waals surface area contributed by atoms with Crippen LogP contribution in [-0.4, -0.2) is 24.0 Å². The number of nitrogens with zero attached hydrogens (tertiary/aromatic N) is 1. The van der Waals surface area contributed by atoms with Gasteiger partial charge in [-0.05, 0) is 36.8 Å². The molecule has 0 aromatic heterocycles. The molecule has 124 valence electrons. The number of hydrogen-bond acceptors (Lipinski definition) is 6. The molecule has 2 rings (SSSR count). The van der Waals surface area contributed by atoms with E-state index in [1.54, 1.807) is 19.1 Å². The van der Waals surface area contributed by atoms with Gasteiger partial charge in [-0.3, -0.25) is 10.1 Å². The van der Waals surface area contributed by atoms with Gasteiger partial charge in [-0.1, -0.05) is 11.6 Å². The van der Waals surface area contributed by atoms with Crippen molar-refractivity contribution in [2.45, 2.75) is 6.92 Å². The number of carbonyl (C=O) groups is 2. The lowest BCUT2D eigenvalue weighted by molar-refractivity contribution is -0.384. The van der Waals surface area contributed by atoms with Gasteiger partial charge in [-0.25, -0.2) is 9.59 Å². The first-order valence-corrected chi connectivity index (χ1v) is 7.05. The van der Waals surface area contributed by atoms with Crippen LogP contribution in [0.3, 0.4) is 0 Å². The van der Waals surface area contributed by atoms with Crippen LogP contribution >= 0.6 is 11.6 Å². The summed E-state index contributed by atoms with van der Waals surface area (Å²) >= 11 is 5.83. The number of nitro groups is 1. The van der Waals surface area contributed by atoms with E-state index < -0.39 is 22.5 Å². The first-order valence-electron chi connectivity index (χ1n) is 6.68. The normalized spacial score (nSPS) is 10.1. The van der Waals surface area contributed by atoms with Crippen LogP contribution in [0.15, 0.2) is 36.4 Å². The maximum atomic E-state index is 12.3. The van der Waals surface area contributed by atoms with Gasteiger partial charge in [0, 0.05) is 17.2 Å². The lowest BCUT2D eigenvalue weighted by atomic mass is 10.1. The molecule has 0 heterocycles. The standard InChI is InChI=1S/C16H12ClNO6/c1-9-5-12(17)3-4-14(9)24-16(20)11-6-10(15(19)23-2)7-13(8-11)18(21)22/h3-8H,1-2H3. The second-order valence-corrected chi connectivity index (χ2v) is 5.25. The molecular formula is C16H12ClNO6. The number of esters is 2. The van der Waals surface area contributed by atoms with E-state index >= 15 is 0 Å². The van der Waals surface area contributed by atoms with Gasteiger partial charge in [0.15, 0.2) is 0 Å². The molecule has 2 aromatic carbocycles. The molecule has 0 radical (unpaired) electrons. The summed E-state index contributed by atoms with van der Waals surface area (Å²) in [4.78, 5) is 34.1. The Morgan fingerprint density at radius 1 is 1.08 bits per heavy atom. The highest BCUT2D eigenvalue weighted by atomic mass is 35.5. The van der Waals surface area contributed by atoms with E-state index in [4.69, 9.17) is 16.3 Å². The van der Waals surface area contributed by atoms with Crippen molar-refractivity contribution in [2.75, 3.05) is 7.11 Å². The minimum Gasteiger partial charge on any atom is -0.465 e. The molecule has 0 aliphatic rings. The second-order valence-electron chi connectivity index (χ2n) is 4.82. The Balaban J connectivity index is 2.39. The van der Waals surface area contributed by atoms with Crippen molar-refractivity contribution < 1.29 is 24.0 Å². The summed E-state index contributed by atoms with van der Waals surface area (Å²) in [5.41, 5.74) is -0.0578. The molecule has 0 fully saturated rings. The summed E-state index contributed by atoms with van der Waals surface area (Å²) in [6.07, 6.45) is 0. The van der Waals surface area contributed by atoms with Gasteiger partial charge in [0.05, 0.1) is 23.2 Å². The molecule has 2 aromatic rings. The number of non-ortho nitro benzene ring substituents is 1. The average molecular weight is 350 g/mol. The Labute approximate surface area is 141 Å². The highest BCUT2D eigenvalue weighted by Gasteiger charge is 2.20. The van der Waals surface area contributed by atoms with Gasteiger partial charge < -0.3 is 9.47 Å². The van der Waals surface area contributed by atoms with Crippen molar-refractivity contribution in [3.63, 3.8) is 0 Å². The summed E-state index contributed by atoms with van der Waals surface area (Å²) in [7, 11) is 1.14. The lowest BCUT2D eigenvalue weighted by Gasteiger charge is -2.08. The number of halogens is 1. The molecular weight excluding hydrogens is 338 g/mol.